The maximum atomic E-state index is 12.0. The fourth-order valence-electron chi connectivity index (χ4n) is 3.49. The summed E-state index contributed by atoms with van der Waals surface area (Å²) in [4.78, 5) is 16.5. The SMILES string of the molecule is CS(C)=O.O=C(O)C1=Cc2cc(Br)ccc2-c2nccn2[C@H]1CCc1ccccc1. The Morgan fingerprint density at radius 1 is 1.20 bits per heavy atom. The summed E-state index contributed by atoms with van der Waals surface area (Å²) < 4.78 is 12.5. The Morgan fingerprint density at radius 2 is 1.90 bits per heavy atom. The van der Waals surface area contributed by atoms with Crippen LogP contribution in [0.2, 0.25) is 0 Å². The molecule has 2 heterocycles. The normalized spacial score (nSPS) is 14.7. The Hall–Kier alpha value is -2.51. The number of aromatic nitrogens is 2. The van der Waals surface area contributed by atoms with E-state index < -0.39 is 16.8 Å². The molecule has 30 heavy (non-hydrogen) atoms. The van der Waals surface area contributed by atoms with Gasteiger partial charge in [0.2, 0.25) is 0 Å². The van der Waals surface area contributed by atoms with Gasteiger partial charge in [0.1, 0.15) is 5.82 Å². The van der Waals surface area contributed by atoms with Crippen molar-refractivity contribution in [3.05, 3.63) is 82.1 Å². The van der Waals surface area contributed by atoms with Crippen LogP contribution in [0, 0.1) is 0 Å². The smallest absolute Gasteiger partial charge is 0.333 e. The van der Waals surface area contributed by atoms with Crippen LogP contribution < -0.4 is 0 Å². The zero-order valence-electron chi connectivity index (χ0n) is 16.8. The third kappa shape index (κ3) is 5.34. The van der Waals surface area contributed by atoms with Crippen molar-refractivity contribution < 1.29 is 14.1 Å². The first kappa shape index (κ1) is 22.2. The molecule has 0 aliphatic carbocycles. The first-order valence-electron chi connectivity index (χ1n) is 9.43. The maximum Gasteiger partial charge on any atom is 0.333 e. The van der Waals surface area contributed by atoms with E-state index in [1.54, 1.807) is 24.8 Å². The van der Waals surface area contributed by atoms with Gasteiger partial charge in [-0.15, -0.1) is 0 Å². The van der Waals surface area contributed by atoms with E-state index in [2.05, 4.69) is 33.0 Å². The molecule has 5 nitrogen and oxygen atoms in total. The number of aliphatic carboxylic acids is 1. The fourth-order valence-corrected chi connectivity index (χ4v) is 3.87. The van der Waals surface area contributed by atoms with Crippen molar-refractivity contribution in [2.45, 2.75) is 18.9 Å². The molecule has 0 unspecified atom stereocenters. The van der Waals surface area contributed by atoms with Crippen LogP contribution in [-0.4, -0.2) is 37.3 Å². The summed E-state index contributed by atoms with van der Waals surface area (Å²) in [6.07, 6.45) is 10.2. The summed E-state index contributed by atoms with van der Waals surface area (Å²) >= 11 is 3.48. The number of carboxylic acids is 1. The molecule has 0 radical (unpaired) electrons. The van der Waals surface area contributed by atoms with Crippen molar-refractivity contribution in [2.75, 3.05) is 12.5 Å². The van der Waals surface area contributed by atoms with Crippen LogP contribution in [0.1, 0.15) is 23.6 Å². The van der Waals surface area contributed by atoms with Crippen LogP contribution in [0.25, 0.3) is 17.5 Å². The molecule has 1 atom stereocenters. The molecule has 0 spiro atoms. The third-order valence-electron chi connectivity index (χ3n) is 4.73. The third-order valence-corrected chi connectivity index (χ3v) is 5.22. The van der Waals surface area contributed by atoms with Gasteiger partial charge in [-0.1, -0.05) is 46.3 Å². The van der Waals surface area contributed by atoms with Gasteiger partial charge in [-0.3, -0.25) is 4.21 Å². The predicted octanol–water partition coefficient (Wildman–Crippen LogP) is 4.96. The highest BCUT2D eigenvalue weighted by Crippen LogP contribution is 2.37. The number of hydrogen-bond donors (Lipinski definition) is 1. The van der Waals surface area contributed by atoms with Gasteiger partial charge in [-0.25, -0.2) is 9.78 Å². The highest BCUT2D eigenvalue weighted by Gasteiger charge is 2.28. The molecule has 1 aliphatic heterocycles. The molecule has 0 saturated carbocycles. The van der Waals surface area contributed by atoms with Crippen molar-refractivity contribution in [1.82, 2.24) is 9.55 Å². The number of benzene rings is 2. The number of fused-ring (bicyclic) bond motifs is 3. The Labute approximate surface area is 187 Å². The van der Waals surface area contributed by atoms with E-state index >= 15 is 0 Å². The highest BCUT2D eigenvalue weighted by molar-refractivity contribution is 9.10. The van der Waals surface area contributed by atoms with Gasteiger partial charge in [-0.05, 0) is 48.2 Å². The van der Waals surface area contributed by atoms with Gasteiger partial charge >= 0.3 is 5.97 Å². The van der Waals surface area contributed by atoms with Gasteiger partial charge < -0.3 is 9.67 Å². The molecule has 0 saturated heterocycles. The quantitative estimate of drug-likeness (QED) is 0.565. The second-order valence-electron chi connectivity index (χ2n) is 7.08. The first-order valence-corrected chi connectivity index (χ1v) is 12.2. The Kier molecular flexibility index (Phi) is 7.39. The molecule has 4 rings (SSSR count). The van der Waals surface area contributed by atoms with Gasteiger partial charge in [0, 0.05) is 45.7 Å². The molecule has 156 valence electrons. The van der Waals surface area contributed by atoms with E-state index in [0.29, 0.717) is 12.0 Å². The molecule has 7 heteroatoms. The largest absolute Gasteiger partial charge is 0.478 e. The summed E-state index contributed by atoms with van der Waals surface area (Å²) in [6, 6.07) is 15.7. The Bertz CT molecular complexity index is 1090. The van der Waals surface area contributed by atoms with Crippen molar-refractivity contribution in [2.24, 2.45) is 0 Å². The van der Waals surface area contributed by atoms with E-state index in [4.69, 9.17) is 0 Å². The van der Waals surface area contributed by atoms with Crippen LogP contribution in [-0.2, 0) is 22.0 Å². The number of halogens is 1. The van der Waals surface area contributed by atoms with Gasteiger partial charge in [-0.2, -0.15) is 0 Å². The number of rotatable bonds is 4. The lowest BCUT2D eigenvalue weighted by molar-refractivity contribution is -0.133. The minimum Gasteiger partial charge on any atom is -0.478 e. The standard InChI is InChI=1S/C21H17BrN2O2.C2H6OS/c22-16-7-8-17-15(12-16)13-18(21(25)26)19(24-11-10-23-20(17)24)9-6-14-4-2-1-3-5-14;1-4(2)3/h1-5,7-8,10-13,19H,6,9H2,(H,25,26);1-2H3/t19-;/m0./s1. The van der Waals surface area contributed by atoms with Crippen LogP contribution in [0.15, 0.2) is 71.0 Å². The van der Waals surface area contributed by atoms with E-state index in [-0.39, 0.29) is 6.04 Å². The van der Waals surface area contributed by atoms with Crippen molar-refractivity contribution in [1.29, 1.82) is 0 Å². The zero-order chi connectivity index (χ0) is 21.7. The minimum atomic E-state index is -0.893. The number of aryl methyl sites for hydroxylation is 1. The number of imidazole rings is 1. The van der Waals surface area contributed by atoms with Crippen molar-refractivity contribution >= 4 is 38.8 Å². The average Bonchev–Trinajstić information content (AvgIpc) is 3.12. The van der Waals surface area contributed by atoms with Crippen molar-refractivity contribution in [3.8, 4) is 11.4 Å². The molecular formula is C23H23BrN2O3S. The molecule has 0 bridgehead atoms. The highest BCUT2D eigenvalue weighted by atomic mass is 79.9. The molecule has 2 aromatic carbocycles. The lowest BCUT2D eigenvalue weighted by Gasteiger charge is -2.20. The molecule has 1 N–H and O–H groups in total. The maximum absolute atomic E-state index is 12.0. The van der Waals surface area contributed by atoms with E-state index in [1.807, 2.05) is 47.2 Å². The number of nitrogens with zero attached hydrogens (tertiary/aromatic N) is 2. The predicted molar refractivity (Wildman–Crippen MR) is 125 cm³/mol. The monoisotopic (exact) mass is 486 g/mol. The number of carboxylic acid groups (broad SMARTS) is 1. The number of hydrogen-bond acceptors (Lipinski definition) is 3. The molecule has 1 aliphatic rings. The van der Waals surface area contributed by atoms with E-state index in [1.165, 1.54) is 5.56 Å². The zero-order valence-corrected chi connectivity index (χ0v) is 19.2. The van der Waals surface area contributed by atoms with Crippen LogP contribution >= 0.6 is 15.9 Å². The van der Waals surface area contributed by atoms with Gasteiger partial charge in [0.05, 0.1) is 11.6 Å². The molecule has 0 amide bonds. The number of carbonyl (C=O) groups is 1. The lowest BCUT2D eigenvalue weighted by Crippen LogP contribution is -2.17. The van der Waals surface area contributed by atoms with Crippen LogP contribution in [0.3, 0.4) is 0 Å². The van der Waals surface area contributed by atoms with E-state index in [0.717, 1.165) is 27.8 Å². The Balaban J connectivity index is 0.000000589. The van der Waals surface area contributed by atoms with Crippen LogP contribution in [0.5, 0.6) is 0 Å². The summed E-state index contributed by atoms with van der Waals surface area (Å²) in [5.41, 5.74) is 3.39. The summed E-state index contributed by atoms with van der Waals surface area (Å²) in [6.45, 7) is 0. The molecule has 1 aromatic heterocycles. The van der Waals surface area contributed by atoms with E-state index in [9.17, 15) is 14.1 Å². The second-order valence-corrected chi connectivity index (χ2v) is 9.48. The average molecular weight is 487 g/mol. The fraction of sp³-hybridized carbons (Fsp3) is 0.217. The Morgan fingerprint density at radius 3 is 2.57 bits per heavy atom. The minimum absolute atomic E-state index is 0.267. The summed E-state index contributed by atoms with van der Waals surface area (Å²) in [5, 5.41) is 9.88. The first-order chi connectivity index (χ1) is 14.4. The molecular weight excluding hydrogens is 464 g/mol. The lowest BCUT2D eigenvalue weighted by atomic mass is 9.97. The van der Waals surface area contributed by atoms with Crippen LogP contribution in [0.4, 0.5) is 0 Å². The van der Waals surface area contributed by atoms with Gasteiger partial charge in [0.15, 0.2) is 0 Å². The molecule has 3 aromatic rings. The van der Waals surface area contributed by atoms with Gasteiger partial charge in [0.25, 0.3) is 0 Å². The topological polar surface area (TPSA) is 72.2 Å². The summed E-state index contributed by atoms with van der Waals surface area (Å²) in [7, 11) is -0.611. The summed E-state index contributed by atoms with van der Waals surface area (Å²) in [5.74, 6) is -0.0893. The molecule has 0 fully saturated rings. The van der Waals surface area contributed by atoms with Crippen molar-refractivity contribution in [3.63, 3.8) is 0 Å². The second kappa shape index (κ2) is 10.00.